The van der Waals surface area contributed by atoms with Crippen LogP contribution in [0.1, 0.15) is 30.9 Å². The maximum atomic E-state index is 13.2. The molecule has 0 radical (unpaired) electrons. The molecule has 2 aromatic carbocycles. The van der Waals surface area contributed by atoms with Gasteiger partial charge in [-0.05, 0) is 48.4 Å². The summed E-state index contributed by atoms with van der Waals surface area (Å²) in [5, 5.41) is 10.8. The average Bonchev–Trinajstić information content (AvgIpc) is 2.51. The normalized spacial score (nSPS) is 12.1. The molecule has 1 atom stereocenters. The van der Waals surface area contributed by atoms with Crippen molar-refractivity contribution in [2.75, 3.05) is 0 Å². The summed E-state index contributed by atoms with van der Waals surface area (Å²) in [6.45, 7) is 2.12. The molecule has 0 aliphatic heterocycles. The first-order valence-corrected chi connectivity index (χ1v) is 7.56. The second-order valence-corrected chi connectivity index (χ2v) is 5.57. The fourth-order valence-electron chi connectivity index (χ4n) is 2.64. The van der Waals surface area contributed by atoms with Crippen LogP contribution in [-0.2, 0) is 12.8 Å². The van der Waals surface area contributed by atoms with E-state index in [1.54, 1.807) is 24.3 Å². The molecule has 0 aliphatic rings. The van der Waals surface area contributed by atoms with Gasteiger partial charge in [0.15, 0.2) is 0 Å². The van der Waals surface area contributed by atoms with Gasteiger partial charge in [0.25, 0.3) is 5.69 Å². The van der Waals surface area contributed by atoms with Crippen LogP contribution in [0.25, 0.3) is 0 Å². The Bertz CT molecular complexity index is 642. The van der Waals surface area contributed by atoms with Crippen LogP contribution in [0, 0.1) is 21.8 Å². The molecule has 0 N–H and O–H groups in total. The summed E-state index contributed by atoms with van der Waals surface area (Å²) in [6.07, 6.45) is 3.58. The molecule has 0 saturated heterocycles. The smallest absolute Gasteiger partial charge is 0.258 e. The summed E-state index contributed by atoms with van der Waals surface area (Å²) in [7, 11) is 0. The zero-order chi connectivity index (χ0) is 15.9. The van der Waals surface area contributed by atoms with E-state index in [4.69, 9.17) is 0 Å². The summed E-state index contributed by atoms with van der Waals surface area (Å²) in [4.78, 5) is 10.5. The molecule has 0 saturated carbocycles. The Morgan fingerprint density at radius 1 is 1.14 bits per heavy atom. The number of nitro benzene ring substituents is 1. The van der Waals surface area contributed by atoms with E-state index < -0.39 is 0 Å². The first-order chi connectivity index (χ1) is 10.6. The Labute approximate surface area is 129 Å². The number of nitro groups is 1. The van der Waals surface area contributed by atoms with Crippen LogP contribution >= 0.6 is 0 Å². The van der Waals surface area contributed by atoms with E-state index in [0.29, 0.717) is 5.92 Å². The quantitative estimate of drug-likeness (QED) is 0.537. The number of nitrogens with zero attached hydrogens (tertiary/aromatic N) is 1. The predicted molar refractivity (Wildman–Crippen MR) is 85.3 cm³/mol. The maximum absolute atomic E-state index is 13.2. The molecule has 2 aromatic rings. The molecule has 22 heavy (non-hydrogen) atoms. The fraction of sp³-hybridized carbons (Fsp3) is 0.333. The van der Waals surface area contributed by atoms with Crippen molar-refractivity contribution in [1.29, 1.82) is 0 Å². The topological polar surface area (TPSA) is 43.1 Å². The van der Waals surface area contributed by atoms with E-state index in [1.807, 2.05) is 12.1 Å². The van der Waals surface area contributed by atoms with Gasteiger partial charge in [0.05, 0.1) is 4.92 Å². The van der Waals surface area contributed by atoms with Crippen molar-refractivity contribution >= 4 is 5.69 Å². The molecule has 0 aromatic heterocycles. The van der Waals surface area contributed by atoms with Gasteiger partial charge in [-0.25, -0.2) is 4.39 Å². The average molecular weight is 301 g/mol. The van der Waals surface area contributed by atoms with Crippen LogP contribution in [0.3, 0.4) is 0 Å². The zero-order valence-corrected chi connectivity index (χ0v) is 12.7. The van der Waals surface area contributed by atoms with Crippen LogP contribution in [-0.4, -0.2) is 4.92 Å². The largest absolute Gasteiger partial charge is 0.269 e. The minimum Gasteiger partial charge on any atom is -0.258 e. The molecule has 0 aliphatic carbocycles. The number of halogens is 1. The second-order valence-electron chi connectivity index (χ2n) is 5.57. The molecule has 4 heteroatoms. The van der Waals surface area contributed by atoms with E-state index in [-0.39, 0.29) is 16.4 Å². The highest BCUT2D eigenvalue weighted by atomic mass is 19.1. The molecule has 3 nitrogen and oxygen atoms in total. The summed E-state index contributed by atoms with van der Waals surface area (Å²) in [5.74, 6) is 0.231. The lowest BCUT2D eigenvalue weighted by Crippen LogP contribution is -2.05. The SMILES string of the molecule is CCC(CCc1cccc(F)c1)Cc1cccc([N+](=O)[O-])c1. The van der Waals surface area contributed by atoms with Crippen LogP contribution in [0.4, 0.5) is 10.1 Å². The summed E-state index contributed by atoms with van der Waals surface area (Å²) >= 11 is 0. The highest BCUT2D eigenvalue weighted by molar-refractivity contribution is 5.34. The molecule has 0 amide bonds. The Morgan fingerprint density at radius 2 is 1.86 bits per heavy atom. The van der Waals surface area contributed by atoms with Gasteiger partial charge in [0.1, 0.15) is 5.82 Å². The van der Waals surface area contributed by atoms with Gasteiger partial charge in [0, 0.05) is 12.1 Å². The van der Waals surface area contributed by atoms with Gasteiger partial charge < -0.3 is 0 Å². The van der Waals surface area contributed by atoms with Gasteiger partial charge in [0.2, 0.25) is 0 Å². The molecule has 116 valence electrons. The number of rotatable bonds is 7. The minimum atomic E-state index is -0.364. The Kier molecular flexibility index (Phi) is 5.64. The van der Waals surface area contributed by atoms with Crippen molar-refractivity contribution in [3.8, 4) is 0 Å². The lowest BCUT2D eigenvalue weighted by molar-refractivity contribution is -0.384. The first kappa shape index (κ1) is 16.1. The van der Waals surface area contributed by atoms with Crippen LogP contribution in [0.5, 0.6) is 0 Å². The van der Waals surface area contributed by atoms with E-state index in [0.717, 1.165) is 36.8 Å². The number of aryl methyl sites for hydroxylation is 1. The van der Waals surface area contributed by atoms with Crippen molar-refractivity contribution in [3.63, 3.8) is 0 Å². The molecule has 0 spiro atoms. The highest BCUT2D eigenvalue weighted by Crippen LogP contribution is 2.21. The summed E-state index contributed by atoms with van der Waals surface area (Å²) < 4.78 is 13.2. The third kappa shape index (κ3) is 4.65. The first-order valence-electron chi connectivity index (χ1n) is 7.56. The third-order valence-corrected chi connectivity index (χ3v) is 3.95. The number of hydrogen-bond donors (Lipinski definition) is 0. The van der Waals surface area contributed by atoms with Crippen molar-refractivity contribution in [3.05, 3.63) is 75.6 Å². The second kappa shape index (κ2) is 7.69. The standard InChI is InChI=1S/C18H20FNO2/c1-2-14(9-10-15-5-3-7-17(19)12-15)11-16-6-4-8-18(13-16)20(21)22/h3-8,12-14H,2,9-11H2,1H3. The van der Waals surface area contributed by atoms with Crippen LogP contribution in [0.15, 0.2) is 48.5 Å². The Balaban J connectivity index is 1.97. The van der Waals surface area contributed by atoms with Gasteiger partial charge in [-0.15, -0.1) is 0 Å². The lowest BCUT2D eigenvalue weighted by atomic mass is 9.91. The Hall–Kier alpha value is -2.23. The van der Waals surface area contributed by atoms with Gasteiger partial charge in [-0.1, -0.05) is 37.6 Å². The zero-order valence-electron chi connectivity index (χ0n) is 12.7. The Morgan fingerprint density at radius 3 is 2.55 bits per heavy atom. The summed E-state index contributed by atoms with van der Waals surface area (Å²) in [5.41, 5.74) is 2.12. The number of benzene rings is 2. The van der Waals surface area contributed by atoms with Crippen LogP contribution in [0.2, 0.25) is 0 Å². The van der Waals surface area contributed by atoms with Crippen molar-refractivity contribution in [2.24, 2.45) is 5.92 Å². The van der Waals surface area contributed by atoms with E-state index >= 15 is 0 Å². The van der Waals surface area contributed by atoms with Gasteiger partial charge >= 0.3 is 0 Å². The van der Waals surface area contributed by atoms with Gasteiger partial charge in [-0.3, -0.25) is 10.1 Å². The number of hydrogen-bond acceptors (Lipinski definition) is 2. The monoisotopic (exact) mass is 301 g/mol. The molecule has 0 fully saturated rings. The molecule has 2 rings (SSSR count). The molecular weight excluding hydrogens is 281 g/mol. The molecular formula is C18H20FNO2. The van der Waals surface area contributed by atoms with E-state index in [9.17, 15) is 14.5 Å². The van der Waals surface area contributed by atoms with Crippen LogP contribution < -0.4 is 0 Å². The van der Waals surface area contributed by atoms with E-state index in [1.165, 1.54) is 12.1 Å². The van der Waals surface area contributed by atoms with Crippen molar-refractivity contribution in [1.82, 2.24) is 0 Å². The highest BCUT2D eigenvalue weighted by Gasteiger charge is 2.11. The van der Waals surface area contributed by atoms with Crippen molar-refractivity contribution < 1.29 is 9.31 Å². The fourth-order valence-corrected chi connectivity index (χ4v) is 2.64. The maximum Gasteiger partial charge on any atom is 0.269 e. The van der Waals surface area contributed by atoms with E-state index in [2.05, 4.69) is 6.92 Å². The lowest BCUT2D eigenvalue weighted by Gasteiger charge is -2.15. The molecule has 1 unspecified atom stereocenters. The van der Waals surface area contributed by atoms with Crippen molar-refractivity contribution in [2.45, 2.75) is 32.6 Å². The molecule has 0 heterocycles. The molecule has 0 bridgehead atoms. The summed E-state index contributed by atoms with van der Waals surface area (Å²) in [6, 6.07) is 13.5. The number of non-ortho nitro benzene ring substituents is 1. The third-order valence-electron chi connectivity index (χ3n) is 3.95. The van der Waals surface area contributed by atoms with Gasteiger partial charge in [-0.2, -0.15) is 0 Å². The minimum absolute atomic E-state index is 0.137. The predicted octanol–water partition coefficient (Wildman–Crippen LogP) is 4.94.